The summed E-state index contributed by atoms with van der Waals surface area (Å²) in [5.74, 6) is 4.03. The van der Waals surface area contributed by atoms with Gasteiger partial charge in [0.1, 0.15) is 11.5 Å². The fourth-order valence-electron chi connectivity index (χ4n) is 3.77. The summed E-state index contributed by atoms with van der Waals surface area (Å²) in [5, 5.41) is 3.59. The van der Waals surface area contributed by atoms with Crippen molar-refractivity contribution in [1.82, 2.24) is 10.2 Å². The molecule has 1 aromatic carbocycles. The Balaban J connectivity index is 1.69. The van der Waals surface area contributed by atoms with Gasteiger partial charge in [-0.25, -0.2) is 0 Å². The maximum absolute atomic E-state index is 5.94. The van der Waals surface area contributed by atoms with Gasteiger partial charge in [-0.3, -0.25) is 4.90 Å². The summed E-state index contributed by atoms with van der Waals surface area (Å²) in [7, 11) is 3.30. The van der Waals surface area contributed by atoms with Crippen molar-refractivity contribution in [3.8, 4) is 17.2 Å². The summed E-state index contributed by atoms with van der Waals surface area (Å²) in [5.41, 5.74) is 1.09. The van der Waals surface area contributed by atoms with Gasteiger partial charge in [-0.1, -0.05) is 0 Å². The molecule has 1 aliphatic rings. The molecule has 154 valence electrons. The number of rotatable bonds is 10. The van der Waals surface area contributed by atoms with Crippen LogP contribution in [-0.4, -0.2) is 45.4 Å². The predicted molar refractivity (Wildman–Crippen MR) is 109 cm³/mol. The number of hydrogen-bond acceptors (Lipinski definition) is 6. The summed E-state index contributed by atoms with van der Waals surface area (Å²) in [6.07, 6.45) is 2.51. The molecule has 2 heterocycles. The van der Waals surface area contributed by atoms with E-state index in [0.29, 0.717) is 30.4 Å². The molecular formula is C22H32N2O4. The molecule has 0 radical (unpaired) electrons. The lowest BCUT2D eigenvalue weighted by Crippen LogP contribution is -2.33. The van der Waals surface area contributed by atoms with Crippen molar-refractivity contribution in [1.29, 1.82) is 0 Å². The number of furan rings is 1. The van der Waals surface area contributed by atoms with E-state index in [-0.39, 0.29) is 6.04 Å². The highest BCUT2D eigenvalue weighted by Gasteiger charge is 2.25. The molecule has 1 N–H and O–H groups in total. The lowest BCUT2D eigenvalue weighted by molar-refractivity contribution is 0.207. The van der Waals surface area contributed by atoms with Gasteiger partial charge in [0.2, 0.25) is 5.75 Å². The Morgan fingerprint density at radius 1 is 1.11 bits per heavy atom. The SMILES string of the molecule is CCOc1c(OC)cc(CNCC(c2ccc(C)o2)N2CCCC2)cc1OC. The predicted octanol–water partition coefficient (Wildman–Crippen LogP) is 3.93. The smallest absolute Gasteiger partial charge is 0.203 e. The first-order chi connectivity index (χ1) is 13.7. The number of benzene rings is 1. The normalized spacial score (nSPS) is 15.6. The minimum Gasteiger partial charge on any atom is -0.493 e. The average molecular weight is 389 g/mol. The van der Waals surface area contributed by atoms with Crippen molar-refractivity contribution in [2.75, 3.05) is 40.5 Å². The molecule has 6 heteroatoms. The zero-order chi connectivity index (χ0) is 19.9. The second-order valence-corrected chi connectivity index (χ2v) is 7.10. The van der Waals surface area contributed by atoms with Crippen molar-refractivity contribution in [2.24, 2.45) is 0 Å². The van der Waals surface area contributed by atoms with Crippen LogP contribution in [0.1, 0.15) is 42.9 Å². The fourth-order valence-corrected chi connectivity index (χ4v) is 3.77. The first-order valence-electron chi connectivity index (χ1n) is 10.0. The summed E-state index contributed by atoms with van der Waals surface area (Å²) in [4.78, 5) is 2.50. The number of likely N-dealkylation sites (tertiary alicyclic amines) is 1. The van der Waals surface area contributed by atoms with Crippen LogP contribution in [0.3, 0.4) is 0 Å². The minimum atomic E-state index is 0.252. The van der Waals surface area contributed by atoms with E-state index in [1.165, 1.54) is 12.8 Å². The number of nitrogens with one attached hydrogen (secondary N) is 1. The van der Waals surface area contributed by atoms with Crippen LogP contribution >= 0.6 is 0 Å². The van der Waals surface area contributed by atoms with Crippen LogP contribution in [0.5, 0.6) is 17.2 Å². The van der Waals surface area contributed by atoms with Crippen LogP contribution in [0.4, 0.5) is 0 Å². The first kappa shape index (κ1) is 20.6. The van der Waals surface area contributed by atoms with Crippen molar-refractivity contribution < 1.29 is 18.6 Å². The minimum absolute atomic E-state index is 0.252. The molecule has 1 aliphatic heterocycles. The largest absolute Gasteiger partial charge is 0.493 e. The van der Waals surface area contributed by atoms with Crippen molar-refractivity contribution in [3.05, 3.63) is 41.3 Å². The second kappa shape index (κ2) is 9.85. The molecule has 1 aromatic heterocycles. The fraction of sp³-hybridized carbons (Fsp3) is 0.545. The van der Waals surface area contributed by atoms with E-state index in [4.69, 9.17) is 18.6 Å². The van der Waals surface area contributed by atoms with Crippen LogP contribution in [0.25, 0.3) is 0 Å². The molecular weight excluding hydrogens is 356 g/mol. The summed E-state index contributed by atoms with van der Waals surface area (Å²) in [6.45, 7) is 8.28. The molecule has 0 aliphatic carbocycles. The van der Waals surface area contributed by atoms with Crippen molar-refractivity contribution >= 4 is 0 Å². The maximum Gasteiger partial charge on any atom is 0.203 e. The van der Waals surface area contributed by atoms with Gasteiger partial charge in [0.05, 0.1) is 26.9 Å². The molecule has 1 unspecified atom stereocenters. The highest BCUT2D eigenvalue weighted by molar-refractivity contribution is 5.53. The van der Waals surface area contributed by atoms with Gasteiger partial charge in [-0.15, -0.1) is 0 Å². The average Bonchev–Trinajstić information content (AvgIpc) is 3.38. The van der Waals surface area contributed by atoms with E-state index in [1.807, 2.05) is 32.0 Å². The summed E-state index contributed by atoms with van der Waals surface area (Å²) < 4.78 is 22.6. The topological polar surface area (TPSA) is 56.1 Å². The molecule has 0 amide bonds. The molecule has 2 aromatic rings. The van der Waals surface area contributed by atoms with Crippen molar-refractivity contribution in [2.45, 2.75) is 39.3 Å². The van der Waals surface area contributed by atoms with Crippen LogP contribution in [-0.2, 0) is 6.54 Å². The third kappa shape index (κ3) is 4.80. The van der Waals surface area contributed by atoms with Crippen LogP contribution in [0, 0.1) is 6.92 Å². The molecule has 28 heavy (non-hydrogen) atoms. The van der Waals surface area contributed by atoms with Gasteiger partial charge in [0.15, 0.2) is 11.5 Å². The van der Waals surface area contributed by atoms with Gasteiger partial charge in [0, 0.05) is 13.1 Å². The number of aryl methyl sites for hydroxylation is 1. The van der Waals surface area contributed by atoms with Gasteiger partial charge < -0.3 is 23.9 Å². The highest BCUT2D eigenvalue weighted by Crippen LogP contribution is 2.38. The molecule has 0 spiro atoms. The molecule has 0 saturated carbocycles. The van der Waals surface area contributed by atoms with Gasteiger partial charge >= 0.3 is 0 Å². The number of hydrogen-bond donors (Lipinski definition) is 1. The third-order valence-electron chi connectivity index (χ3n) is 5.15. The second-order valence-electron chi connectivity index (χ2n) is 7.10. The molecule has 0 bridgehead atoms. The van der Waals surface area contributed by atoms with Gasteiger partial charge in [-0.2, -0.15) is 0 Å². The van der Waals surface area contributed by atoms with E-state index in [0.717, 1.165) is 36.7 Å². The third-order valence-corrected chi connectivity index (χ3v) is 5.15. The standard InChI is InChI=1S/C22H32N2O4/c1-5-27-22-20(25-3)12-17(13-21(22)26-4)14-23-15-18(24-10-6-7-11-24)19-9-8-16(2)28-19/h8-9,12-13,18,23H,5-7,10-11,14-15H2,1-4H3. The summed E-state index contributed by atoms with van der Waals surface area (Å²) in [6, 6.07) is 8.40. The quantitative estimate of drug-likeness (QED) is 0.666. The van der Waals surface area contributed by atoms with E-state index in [2.05, 4.69) is 16.3 Å². The lowest BCUT2D eigenvalue weighted by atomic mass is 10.1. The Morgan fingerprint density at radius 2 is 1.79 bits per heavy atom. The van der Waals surface area contributed by atoms with Crippen LogP contribution < -0.4 is 19.5 Å². The van der Waals surface area contributed by atoms with Crippen LogP contribution in [0.2, 0.25) is 0 Å². The number of ether oxygens (including phenoxy) is 3. The summed E-state index contributed by atoms with van der Waals surface area (Å²) >= 11 is 0. The Labute approximate surface area is 167 Å². The maximum atomic E-state index is 5.94. The Kier molecular flexibility index (Phi) is 7.23. The molecule has 1 saturated heterocycles. The molecule has 6 nitrogen and oxygen atoms in total. The lowest BCUT2D eigenvalue weighted by Gasteiger charge is -2.26. The van der Waals surface area contributed by atoms with E-state index in [1.54, 1.807) is 14.2 Å². The molecule has 1 atom stereocenters. The van der Waals surface area contributed by atoms with Crippen LogP contribution in [0.15, 0.2) is 28.7 Å². The monoisotopic (exact) mass is 388 g/mol. The van der Waals surface area contributed by atoms with E-state index in [9.17, 15) is 0 Å². The van der Waals surface area contributed by atoms with E-state index >= 15 is 0 Å². The molecule has 1 fully saturated rings. The van der Waals surface area contributed by atoms with Gasteiger partial charge in [0.25, 0.3) is 0 Å². The van der Waals surface area contributed by atoms with Gasteiger partial charge in [-0.05, 0) is 69.6 Å². The number of methoxy groups -OCH3 is 2. The Morgan fingerprint density at radius 3 is 2.32 bits per heavy atom. The van der Waals surface area contributed by atoms with Crippen molar-refractivity contribution in [3.63, 3.8) is 0 Å². The zero-order valence-corrected chi connectivity index (χ0v) is 17.4. The first-order valence-corrected chi connectivity index (χ1v) is 10.0. The number of nitrogens with zero attached hydrogens (tertiary/aromatic N) is 1. The molecule has 3 rings (SSSR count). The highest BCUT2D eigenvalue weighted by atomic mass is 16.5. The zero-order valence-electron chi connectivity index (χ0n) is 17.4. The Bertz CT molecular complexity index is 728. The Hall–Kier alpha value is -2.18. The van der Waals surface area contributed by atoms with E-state index < -0.39 is 0 Å².